The largest absolute Gasteiger partial charge is 0.322 e. The van der Waals surface area contributed by atoms with Crippen molar-refractivity contribution < 1.29 is 0 Å². The number of aryl methyl sites for hydroxylation is 1. The summed E-state index contributed by atoms with van der Waals surface area (Å²) in [5.74, 6) is 2.21. The second-order valence-electron chi connectivity index (χ2n) is 5.95. The number of nitrogens with two attached hydrogens (primary N) is 1. The zero-order valence-corrected chi connectivity index (χ0v) is 12.3. The molecule has 0 bridgehead atoms. The number of hydrogen-bond acceptors (Lipinski definition) is 2. The summed E-state index contributed by atoms with van der Waals surface area (Å²) in [5.41, 5.74) is 7.38. The molecule has 1 fully saturated rings. The molecule has 1 aliphatic rings. The molecule has 102 valence electrons. The van der Waals surface area contributed by atoms with Gasteiger partial charge in [0.05, 0.1) is 23.0 Å². The highest BCUT2D eigenvalue weighted by Gasteiger charge is 2.30. The van der Waals surface area contributed by atoms with Gasteiger partial charge >= 0.3 is 0 Å². The average molecular weight is 270 g/mol. The highest BCUT2D eigenvalue weighted by atomic mass is 35.5. The average Bonchev–Trinajstić information content (AvgIpc) is 2.68. The molecule has 0 aromatic carbocycles. The van der Waals surface area contributed by atoms with E-state index in [1.807, 2.05) is 11.7 Å². The van der Waals surface area contributed by atoms with Crippen molar-refractivity contribution in [2.45, 2.75) is 45.6 Å². The molecule has 0 amide bonds. The van der Waals surface area contributed by atoms with Gasteiger partial charge in [0.15, 0.2) is 0 Å². The van der Waals surface area contributed by atoms with Gasteiger partial charge in [-0.25, -0.2) is 0 Å². The molecule has 2 rings (SSSR count). The van der Waals surface area contributed by atoms with Crippen molar-refractivity contribution in [3.63, 3.8) is 0 Å². The molecule has 1 atom stereocenters. The van der Waals surface area contributed by atoms with E-state index in [0.717, 1.165) is 17.5 Å². The Labute approximate surface area is 115 Å². The molecular formula is C14H24ClN3. The van der Waals surface area contributed by atoms with E-state index in [2.05, 4.69) is 18.9 Å². The predicted molar refractivity (Wildman–Crippen MR) is 75.4 cm³/mol. The van der Waals surface area contributed by atoms with E-state index in [-0.39, 0.29) is 6.04 Å². The first-order chi connectivity index (χ1) is 8.50. The Morgan fingerprint density at radius 2 is 1.83 bits per heavy atom. The lowest BCUT2D eigenvalue weighted by Crippen LogP contribution is -2.29. The van der Waals surface area contributed by atoms with E-state index < -0.39 is 0 Å². The minimum absolute atomic E-state index is 0.0260. The van der Waals surface area contributed by atoms with Crippen LogP contribution in [0.4, 0.5) is 0 Å². The van der Waals surface area contributed by atoms with Crippen LogP contribution in [0, 0.1) is 17.8 Å². The van der Waals surface area contributed by atoms with E-state index in [9.17, 15) is 0 Å². The van der Waals surface area contributed by atoms with Crippen molar-refractivity contribution in [2.24, 2.45) is 30.5 Å². The molecule has 1 aromatic heterocycles. The molecule has 1 unspecified atom stereocenters. The second-order valence-corrected chi connectivity index (χ2v) is 6.35. The summed E-state index contributed by atoms with van der Waals surface area (Å²) in [7, 11) is 1.92. The molecule has 2 N–H and O–H groups in total. The fourth-order valence-electron chi connectivity index (χ4n) is 3.19. The van der Waals surface area contributed by atoms with Crippen LogP contribution in [0.3, 0.4) is 0 Å². The lowest BCUT2D eigenvalue weighted by molar-refractivity contribution is 0.201. The summed E-state index contributed by atoms with van der Waals surface area (Å²) >= 11 is 6.17. The van der Waals surface area contributed by atoms with Crippen LogP contribution in [0.1, 0.15) is 51.3 Å². The van der Waals surface area contributed by atoms with Gasteiger partial charge in [-0.1, -0.05) is 25.4 Å². The van der Waals surface area contributed by atoms with Gasteiger partial charge in [-0.15, -0.1) is 0 Å². The smallest absolute Gasteiger partial charge is 0.0834 e. The summed E-state index contributed by atoms with van der Waals surface area (Å²) < 4.78 is 1.82. The van der Waals surface area contributed by atoms with Crippen molar-refractivity contribution in [2.75, 3.05) is 0 Å². The van der Waals surface area contributed by atoms with Gasteiger partial charge in [0.1, 0.15) is 0 Å². The van der Waals surface area contributed by atoms with Gasteiger partial charge in [0.2, 0.25) is 0 Å². The first-order valence-corrected chi connectivity index (χ1v) is 7.31. The first-order valence-electron chi connectivity index (χ1n) is 6.93. The molecule has 0 spiro atoms. The summed E-state index contributed by atoms with van der Waals surface area (Å²) in [6.07, 6.45) is 6.71. The molecule has 1 saturated carbocycles. The van der Waals surface area contributed by atoms with E-state index in [4.69, 9.17) is 17.3 Å². The van der Waals surface area contributed by atoms with Crippen LogP contribution in [0.2, 0.25) is 5.02 Å². The maximum absolute atomic E-state index is 6.39. The molecule has 18 heavy (non-hydrogen) atoms. The fraction of sp³-hybridized carbons (Fsp3) is 0.786. The quantitative estimate of drug-likeness (QED) is 0.912. The Morgan fingerprint density at radius 1 is 1.28 bits per heavy atom. The molecule has 0 radical (unpaired) electrons. The topological polar surface area (TPSA) is 43.8 Å². The normalized spacial score (nSPS) is 26.6. The molecule has 4 heteroatoms. The van der Waals surface area contributed by atoms with Gasteiger partial charge in [-0.05, 0) is 43.4 Å². The van der Waals surface area contributed by atoms with Crippen molar-refractivity contribution in [1.82, 2.24) is 9.78 Å². The predicted octanol–water partition coefficient (Wildman–Crippen LogP) is 3.54. The zero-order valence-electron chi connectivity index (χ0n) is 11.6. The molecule has 0 saturated heterocycles. The van der Waals surface area contributed by atoms with Gasteiger partial charge in [0, 0.05) is 7.05 Å². The molecular weight excluding hydrogens is 246 g/mol. The maximum atomic E-state index is 6.39. The highest BCUT2D eigenvalue weighted by molar-refractivity contribution is 6.31. The molecule has 1 aliphatic carbocycles. The fourth-order valence-corrected chi connectivity index (χ4v) is 3.48. The summed E-state index contributed by atoms with van der Waals surface area (Å²) in [4.78, 5) is 0. The Balaban J connectivity index is 2.02. The van der Waals surface area contributed by atoms with Gasteiger partial charge in [-0.3, -0.25) is 4.68 Å². The summed E-state index contributed by atoms with van der Waals surface area (Å²) in [6.45, 7) is 4.64. The van der Waals surface area contributed by atoms with Crippen LogP contribution in [-0.4, -0.2) is 9.78 Å². The minimum Gasteiger partial charge on any atom is -0.322 e. The first kappa shape index (κ1) is 13.9. The summed E-state index contributed by atoms with van der Waals surface area (Å²) in [6, 6.07) is 0.0260. The van der Waals surface area contributed by atoms with E-state index in [1.165, 1.54) is 25.7 Å². The van der Waals surface area contributed by atoms with E-state index in [0.29, 0.717) is 10.9 Å². The van der Waals surface area contributed by atoms with Crippen LogP contribution in [0.25, 0.3) is 0 Å². The maximum Gasteiger partial charge on any atom is 0.0834 e. The Morgan fingerprint density at radius 3 is 2.28 bits per heavy atom. The number of nitrogens with zero attached hydrogens (tertiary/aromatic N) is 2. The van der Waals surface area contributed by atoms with Crippen LogP contribution < -0.4 is 5.73 Å². The van der Waals surface area contributed by atoms with Crippen molar-refractivity contribution in [3.8, 4) is 0 Å². The van der Waals surface area contributed by atoms with Gasteiger partial charge in [0.25, 0.3) is 0 Å². The number of halogens is 1. The van der Waals surface area contributed by atoms with Crippen LogP contribution in [0.15, 0.2) is 6.20 Å². The summed E-state index contributed by atoms with van der Waals surface area (Å²) in [5, 5.41) is 4.88. The van der Waals surface area contributed by atoms with Gasteiger partial charge < -0.3 is 5.73 Å². The Bertz CT molecular complexity index is 372. The minimum atomic E-state index is 0.0260. The van der Waals surface area contributed by atoms with Crippen LogP contribution >= 0.6 is 11.6 Å². The SMILES string of the molecule is CC(C)C1CCC(C(N)c2c(Cl)cnn2C)CC1. The van der Waals surface area contributed by atoms with Crippen LogP contribution in [0.5, 0.6) is 0 Å². The molecule has 3 nitrogen and oxygen atoms in total. The lowest BCUT2D eigenvalue weighted by atomic mass is 9.74. The van der Waals surface area contributed by atoms with Gasteiger partial charge in [-0.2, -0.15) is 5.10 Å². The molecule has 1 aromatic rings. The van der Waals surface area contributed by atoms with Crippen LogP contribution in [-0.2, 0) is 7.05 Å². The Kier molecular flexibility index (Phi) is 4.33. The number of hydrogen-bond donors (Lipinski definition) is 1. The zero-order chi connectivity index (χ0) is 13.3. The van der Waals surface area contributed by atoms with E-state index in [1.54, 1.807) is 6.20 Å². The third-order valence-electron chi connectivity index (χ3n) is 4.52. The van der Waals surface area contributed by atoms with E-state index >= 15 is 0 Å². The second kappa shape index (κ2) is 5.62. The van der Waals surface area contributed by atoms with Crippen molar-refractivity contribution >= 4 is 11.6 Å². The lowest BCUT2D eigenvalue weighted by Gasteiger charge is -2.34. The number of rotatable bonds is 3. The third-order valence-corrected chi connectivity index (χ3v) is 4.81. The highest BCUT2D eigenvalue weighted by Crippen LogP contribution is 2.39. The standard InChI is InChI=1S/C14H24ClN3/c1-9(2)10-4-6-11(7-5-10)13(16)14-12(15)8-17-18(14)3/h8-11,13H,4-7,16H2,1-3H3. The Hall–Kier alpha value is -0.540. The van der Waals surface area contributed by atoms with Crippen molar-refractivity contribution in [1.29, 1.82) is 0 Å². The molecule has 1 heterocycles. The van der Waals surface area contributed by atoms with Crippen molar-refractivity contribution in [3.05, 3.63) is 16.9 Å². The monoisotopic (exact) mass is 269 g/mol. The third kappa shape index (κ3) is 2.72. The molecule has 0 aliphatic heterocycles. The number of aromatic nitrogens is 2.